The first-order chi connectivity index (χ1) is 9.60. The summed E-state index contributed by atoms with van der Waals surface area (Å²) in [6, 6.07) is -0.106. The number of esters is 1. The number of thioether (sulfide) groups is 1. The van der Waals surface area contributed by atoms with E-state index in [4.69, 9.17) is 4.74 Å². The minimum atomic E-state index is -0.106. The van der Waals surface area contributed by atoms with Crippen molar-refractivity contribution in [1.82, 2.24) is 5.32 Å². The lowest BCUT2D eigenvalue weighted by Crippen LogP contribution is -2.38. The van der Waals surface area contributed by atoms with Crippen molar-refractivity contribution in [3.63, 3.8) is 0 Å². The highest BCUT2D eigenvalue weighted by molar-refractivity contribution is 8.00. The topological polar surface area (TPSA) is 38.3 Å². The molecule has 3 nitrogen and oxygen atoms in total. The summed E-state index contributed by atoms with van der Waals surface area (Å²) >= 11 is 1.87. The molecule has 1 aliphatic carbocycles. The summed E-state index contributed by atoms with van der Waals surface area (Å²) in [4.78, 5) is 11.7. The lowest BCUT2D eigenvalue weighted by molar-refractivity contribution is -0.144. The molecule has 0 aromatic carbocycles. The molecule has 2 aliphatic rings. The Balaban J connectivity index is 1.76. The first-order valence-corrected chi connectivity index (χ1v) is 8.85. The van der Waals surface area contributed by atoms with Crippen LogP contribution in [0.1, 0.15) is 46.5 Å². The Kier molecular flexibility index (Phi) is 5.97. The molecule has 0 radical (unpaired) electrons. The van der Waals surface area contributed by atoms with Crippen LogP contribution < -0.4 is 5.32 Å². The molecule has 1 saturated heterocycles. The van der Waals surface area contributed by atoms with Crippen molar-refractivity contribution in [2.75, 3.05) is 12.4 Å². The summed E-state index contributed by atoms with van der Waals surface area (Å²) in [7, 11) is 0. The molecule has 1 fully saturated rings. The van der Waals surface area contributed by atoms with Crippen molar-refractivity contribution in [3.8, 4) is 0 Å². The number of carbonyl (C=O) groups excluding carboxylic acids is 1. The quantitative estimate of drug-likeness (QED) is 0.624. The Hall–Kier alpha value is -0.480. The number of hydrogen-bond acceptors (Lipinski definition) is 4. The zero-order chi connectivity index (χ0) is 14.5. The molecule has 1 heterocycles. The Morgan fingerprint density at radius 1 is 1.60 bits per heavy atom. The fraction of sp³-hybridized carbons (Fsp3) is 0.812. The van der Waals surface area contributed by atoms with E-state index >= 15 is 0 Å². The first kappa shape index (κ1) is 15.9. The van der Waals surface area contributed by atoms with Crippen molar-refractivity contribution < 1.29 is 9.53 Å². The maximum atomic E-state index is 11.7. The van der Waals surface area contributed by atoms with Crippen molar-refractivity contribution in [2.24, 2.45) is 11.8 Å². The van der Waals surface area contributed by atoms with Crippen LogP contribution in [0.25, 0.3) is 0 Å². The molecule has 0 aromatic heterocycles. The molecule has 4 heteroatoms. The van der Waals surface area contributed by atoms with E-state index in [1.54, 1.807) is 5.57 Å². The second-order valence-electron chi connectivity index (χ2n) is 6.09. The lowest BCUT2D eigenvalue weighted by atomic mass is 9.80. The Morgan fingerprint density at radius 2 is 2.40 bits per heavy atom. The van der Waals surface area contributed by atoms with Crippen LogP contribution >= 0.6 is 11.8 Å². The number of allylic oxidation sites excluding steroid dienone is 2. The molecule has 20 heavy (non-hydrogen) atoms. The Morgan fingerprint density at radius 3 is 3.05 bits per heavy atom. The van der Waals surface area contributed by atoms with E-state index in [0.29, 0.717) is 17.9 Å². The second kappa shape index (κ2) is 7.51. The molecule has 1 N–H and O–H groups in total. The van der Waals surface area contributed by atoms with Crippen LogP contribution in [0.5, 0.6) is 0 Å². The van der Waals surface area contributed by atoms with Crippen molar-refractivity contribution in [3.05, 3.63) is 11.6 Å². The Labute approximate surface area is 126 Å². The zero-order valence-corrected chi connectivity index (χ0v) is 13.7. The number of carbonyl (C=O) groups is 1. The standard InChI is InChI=1S/C16H27NO2S/c1-4-19-16(18)14-10-20-15(17-14)9-12(3)13-7-5-11(2)6-8-13/h5,12-15,17H,4,6-10H2,1-3H3/t12?,13-,14+,15?/m1/s1. The smallest absolute Gasteiger partial charge is 0.324 e. The number of rotatable bonds is 5. The summed E-state index contributed by atoms with van der Waals surface area (Å²) in [6.07, 6.45) is 7.36. The number of nitrogens with one attached hydrogen (secondary N) is 1. The molecular formula is C16H27NO2S. The summed E-state index contributed by atoms with van der Waals surface area (Å²) in [5.74, 6) is 2.28. The highest BCUT2D eigenvalue weighted by Gasteiger charge is 2.32. The SMILES string of the molecule is CCOC(=O)[C@@H]1CSC(CC(C)[C@@H]2CC=C(C)CC2)N1. The van der Waals surface area contributed by atoms with Crippen molar-refractivity contribution in [2.45, 2.75) is 57.9 Å². The molecule has 0 spiro atoms. The van der Waals surface area contributed by atoms with E-state index in [9.17, 15) is 4.79 Å². The van der Waals surface area contributed by atoms with Crippen LogP contribution in [0, 0.1) is 11.8 Å². The van der Waals surface area contributed by atoms with Gasteiger partial charge in [0.05, 0.1) is 12.0 Å². The van der Waals surface area contributed by atoms with Crippen LogP contribution in [-0.4, -0.2) is 29.7 Å². The van der Waals surface area contributed by atoms with Gasteiger partial charge in [-0.25, -0.2) is 0 Å². The van der Waals surface area contributed by atoms with Crippen molar-refractivity contribution in [1.29, 1.82) is 0 Å². The normalized spacial score (nSPS) is 31.8. The maximum absolute atomic E-state index is 11.7. The third kappa shape index (κ3) is 4.26. The third-order valence-corrected chi connectivity index (χ3v) is 5.75. The maximum Gasteiger partial charge on any atom is 0.324 e. The molecule has 1 aliphatic heterocycles. The minimum Gasteiger partial charge on any atom is -0.465 e. The van der Waals surface area contributed by atoms with Gasteiger partial charge in [-0.15, -0.1) is 11.8 Å². The predicted molar refractivity (Wildman–Crippen MR) is 84.7 cm³/mol. The highest BCUT2D eigenvalue weighted by atomic mass is 32.2. The van der Waals surface area contributed by atoms with Crippen molar-refractivity contribution >= 4 is 17.7 Å². The van der Waals surface area contributed by atoms with E-state index in [1.165, 1.54) is 19.3 Å². The van der Waals surface area contributed by atoms with Gasteiger partial charge in [-0.2, -0.15) is 0 Å². The monoisotopic (exact) mass is 297 g/mol. The van der Waals surface area contributed by atoms with Gasteiger partial charge >= 0.3 is 5.97 Å². The highest BCUT2D eigenvalue weighted by Crippen LogP contribution is 2.34. The van der Waals surface area contributed by atoms with Crippen LogP contribution in [0.15, 0.2) is 11.6 Å². The zero-order valence-electron chi connectivity index (χ0n) is 12.9. The molecule has 114 valence electrons. The van der Waals surface area contributed by atoms with Gasteiger partial charge in [-0.05, 0) is 51.4 Å². The number of ether oxygens (including phenoxy) is 1. The summed E-state index contributed by atoms with van der Waals surface area (Å²) in [5.41, 5.74) is 1.55. The molecule has 2 unspecified atom stereocenters. The molecule has 0 saturated carbocycles. The van der Waals surface area contributed by atoms with Crippen LogP contribution in [0.2, 0.25) is 0 Å². The van der Waals surface area contributed by atoms with Gasteiger partial charge in [0.2, 0.25) is 0 Å². The van der Waals surface area contributed by atoms with E-state index in [1.807, 2.05) is 18.7 Å². The fourth-order valence-corrected chi connectivity index (χ4v) is 4.44. The predicted octanol–water partition coefficient (Wildman–Crippen LogP) is 3.35. The van der Waals surface area contributed by atoms with E-state index in [0.717, 1.165) is 18.1 Å². The molecule has 0 bridgehead atoms. The van der Waals surface area contributed by atoms with Gasteiger partial charge in [0.15, 0.2) is 0 Å². The lowest BCUT2D eigenvalue weighted by Gasteiger charge is -2.28. The van der Waals surface area contributed by atoms with E-state index < -0.39 is 0 Å². The first-order valence-electron chi connectivity index (χ1n) is 7.80. The molecule has 4 atom stereocenters. The summed E-state index contributed by atoms with van der Waals surface area (Å²) in [6.45, 7) is 6.92. The second-order valence-corrected chi connectivity index (χ2v) is 7.33. The molecule has 0 amide bonds. The molecule has 0 aromatic rings. The van der Waals surface area contributed by atoms with Gasteiger partial charge in [0, 0.05) is 5.75 Å². The van der Waals surface area contributed by atoms with Crippen LogP contribution in [0.4, 0.5) is 0 Å². The van der Waals surface area contributed by atoms with E-state index in [-0.39, 0.29) is 12.0 Å². The summed E-state index contributed by atoms with van der Waals surface area (Å²) in [5, 5.41) is 3.84. The van der Waals surface area contributed by atoms with Crippen LogP contribution in [-0.2, 0) is 9.53 Å². The minimum absolute atomic E-state index is 0.0913. The summed E-state index contributed by atoms with van der Waals surface area (Å²) < 4.78 is 5.08. The Bertz CT molecular complexity index is 369. The van der Waals surface area contributed by atoms with Crippen LogP contribution in [0.3, 0.4) is 0 Å². The number of hydrogen-bond donors (Lipinski definition) is 1. The molecule has 2 rings (SSSR count). The van der Waals surface area contributed by atoms with Gasteiger partial charge in [-0.1, -0.05) is 18.6 Å². The van der Waals surface area contributed by atoms with Gasteiger partial charge in [-0.3, -0.25) is 10.1 Å². The fourth-order valence-electron chi connectivity index (χ4n) is 3.08. The van der Waals surface area contributed by atoms with Gasteiger partial charge in [0.1, 0.15) is 6.04 Å². The largest absolute Gasteiger partial charge is 0.465 e. The average molecular weight is 297 g/mol. The van der Waals surface area contributed by atoms with Gasteiger partial charge in [0.25, 0.3) is 0 Å². The average Bonchev–Trinajstić information content (AvgIpc) is 2.88. The molecular weight excluding hydrogens is 270 g/mol. The van der Waals surface area contributed by atoms with Gasteiger partial charge < -0.3 is 4.74 Å². The van der Waals surface area contributed by atoms with E-state index in [2.05, 4.69) is 25.2 Å². The third-order valence-electron chi connectivity index (χ3n) is 4.49.